The number of nitrogens with zero attached hydrogens (tertiary/aromatic N) is 3. The van der Waals surface area contributed by atoms with E-state index < -0.39 is 5.97 Å². The summed E-state index contributed by atoms with van der Waals surface area (Å²) >= 11 is 0. The molecule has 1 aliphatic rings. The summed E-state index contributed by atoms with van der Waals surface area (Å²) in [6.45, 7) is 9.93. The van der Waals surface area contributed by atoms with Gasteiger partial charge in [-0.1, -0.05) is 0 Å². The maximum atomic E-state index is 12.3. The van der Waals surface area contributed by atoms with E-state index in [1.54, 1.807) is 13.8 Å². The topological polar surface area (TPSA) is 80.5 Å². The highest BCUT2D eigenvalue weighted by Gasteiger charge is 2.24. The summed E-state index contributed by atoms with van der Waals surface area (Å²) in [6.07, 6.45) is 3.63. The van der Waals surface area contributed by atoms with Gasteiger partial charge in [-0.05, 0) is 59.7 Å². The summed E-state index contributed by atoms with van der Waals surface area (Å²) in [5, 5.41) is 3.97. The lowest BCUT2D eigenvalue weighted by Crippen LogP contribution is -2.22. The number of nitrogens with one attached hydrogen (secondary N) is 1. The molecule has 1 N–H and O–H groups in total. The molecule has 1 fully saturated rings. The number of carbonyl (C=O) groups is 1. The first kappa shape index (κ1) is 17.7. The molecule has 0 amide bonds. The number of rotatable bonds is 7. The van der Waals surface area contributed by atoms with Crippen LogP contribution in [0.25, 0.3) is 11.1 Å². The number of fused-ring (bicyclic) bond motifs is 1. The monoisotopic (exact) mass is 346 g/mol. The third kappa shape index (κ3) is 3.92. The van der Waals surface area contributed by atoms with Gasteiger partial charge in [0.15, 0.2) is 0 Å². The van der Waals surface area contributed by atoms with E-state index in [0.29, 0.717) is 40.7 Å². The van der Waals surface area contributed by atoms with Crippen LogP contribution in [0.5, 0.6) is 0 Å². The van der Waals surface area contributed by atoms with Crippen LogP contribution in [0.1, 0.15) is 48.1 Å². The lowest BCUT2D eigenvalue weighted by atomic mass is 10.2. The van der Waals surface area contributed by atoms with Crippen molar-refractivity contribution in [2.24, 2.45) is 0 Å². The van der Waals surface area contributed by atoms with Gasteiger partial charge in [-0.2, -0.15) is 4.98 Å². The summed E-state index contributed by atoms with van der Waals surface area (Å²) in [5.41, 5.74) is 0.842. The number of anilines is 1. The van der Waals surface area contributed by atoms with Crippen LogP contribution in [-0.4, -0.2) is 53.6 Å². The lowest BCUT2D eigenvalue weighted by Gasteiger charge is -2.14. The Morgan fingerprint density at radius 1 is 1.28 bits per heavy atom. The van der Waals surface area contributed by atoms with Crippen molar-refractivity contribution in [3.8, 4) is 0 Å². The smallest absolute Gasteiger partial charge is 0.342 e. The standard InChI is InChI=1S/C18H26N4O3/c1-4-24-18(23)14-12(2)25-17-15(14)16(20-13(3)21-17)19-8-7-11-22-9-5-6-10-22/h4-11H2,1-3H3,(H,19,20,21). The molecule has 0 radical (unpaired) electrons. The first-order valence-electron chi connectivity index (χ1n) is 9.01. The van der Waals surface area contributed by atoms with Gasteiger partial charge in [0.2, 0.25) is 5.71 Å². The van der Waals surface area contributed by atoms with E-state index in [2.05, 4.69) is 20.2 Å². The molecule has 0 saturated carbocycles. The molecule has 0 aromatic carbocycles. The summed E-state index contributed by atoms with van der Waals surface area (Å²) in [6, 6.07) is 0. The molecule has 0 unspecified atom stereocenters. The number of esters is 1. The molecule has 1 aliphatic heterocycles. The fourth-order valence-corrected chi connectivity index (χ4v) is 3.31. The number of ether oxygens (including phenoxy) is 1. The number of aromatic nitrogens is 2. The largest absolute Gasteiger partial charge is 0.462 e. The van der Waals surface area contributed by atoms with Crippen LogP contribution in [0.2, 0.25) is 0 Å². The van der Waals surface area contributed by atoms with Crippen molar-refractivity contribution in [2.75, 3.05) is 38.1 Å². The molecular formula is C18H26N4O3. The number of likely N-dealkylation sites (tertiary alicyclic amines) is 1. The predicted octanol–water partition coefficient (Wildman–Crippen LogP) is 2.91. The third-order valence-electron chi connectivity index (χ3n) is 4.46. The molecular weight excluding hydrogens is 320 g/mol. The van der Waals surface area contributed by atoms with E-state index in [1.165, 1.54) is 25.9 Å². The van der Waals surface area contributed by atoms with Crippen molar-refractivity contribution < 1.29 is 13.9 Å². The quantitative estimate of drug-likeness (QED) is 0.610. The van der Waals surface area contributed by atoms with Crippen LogP contribution in [0, 0.1) is 13.8 Å². The van der Waals surface area contributed by atoms with Crippen molar-refractivity contribution in [3.63, 3.8) is 0 Å². The maximum absolute atomic E-state index is 12.3. The minimum atomic E-state index is -0.397. The minimum Gasteiger partial charge on any atom is -0.462 e. The molecule has 0 atom stereocenters. The second-order valence-electron chi connectivity index (χ2n) is 6.38. The summed E-state index contributed by atoms with van der Waals surface area (Å²) < 4.78 is 10.8. The number of hydrogen-bond acceptors (Lipinski definition) is 7. The van der Waals surface area contributed by atoms with E-state index in [1.807, 2.05) is 6.92 Å². The molecule has 3 heterocycles. The molecule has 7 nitrogen and oxygen atoms in total. The van der Waals surface area contributed by atoms with Crippen LogP contribution in [0.4, 0.5) is 5.82 Å². The fourth-order valence-electron chi connectivity index (χ4n) is 3.31. The highest BCUT2D eigenvalue weighted by Crippen LogP contribution is 2.30. The Morgan fingerprint density at radius 3 is 2.76 bits per heavy atom. The Bertz CT molecular complexity index is 750. The zero-order chi connectivity index (χ0) is 17.8. The van der Waals surface area contributed by atoms with Gasteiger partial charge in [0, 0.05) is 6.54 Å². The van der Waals surface area contributed by atoms with E-state index in [4.69, 9.17) is 9.15 Å². The molecule has 1 saturated heterocycles. The number of carbonyl (C=O) groups excluding carboxylic acids is 1. The van der Waals surface area contributed by atoms with Gasteiger partial charge in [0.25, 0.3) is 0 Å². The first-order valence-corrected chi connectivity index (χ1v) is 9.01. The Kier molecular flexibility index (Phi) is 5.53. The predicted molar refractivity (Wildman–Crippen MR) is 96.0 cm³/mol. The van der Waals surface area contributed by atoms with Crippen LogP contribution >= 0.6 is 0 Å². The van der Waals surface area contributed by atoms with Crippen molar-refractivity contribution in [2.45, 2.75) is 40.0 Å². The highest BCUT2D eigenvalue weighted by atomic mass is 16.5. The maximum Gasteiger partial charge on any atom is 0.342 e. The second kappa shape index (κ2) is 7.82. The zero-order valence-electron chi connectivity index (χ0n) is 15.2. The molecule has 136 valence electrons. The van der Waals surface area contributed by atoms with Crippen LogP contribution in [0.15, 0.2) is 4.42 Å². The molecule has 7 heteroatoms. The van der Waals surface area contributed by atoms with Crippen molar-refractivity contribution in [3.05, 3.63) is 17.1 Å². The summed E-state index contributed by atoms with van der Waals surface area (Å²) in [5.74, 6) is 1.36. The van der Waals surface area contributed by atoms with Crippen molar-refractivity contribution >= 4 is 22.9 Å². The second-order valence-corrected chi connectivity index (χ2v) is 6.38. The molecule has 2 aromatic rings. The molecule has 0 bridgehead atoms. The average molecular weight is 346 g/mol. The van der Waals surface area contributed by atoms with Crippen LogP contribution < -0.4 is 5.32 Å². The average Bonchev–Trinajstić information content (AvgIpc) is 3.18. The highest BCUT2D eigenvalue weighted by molar-refractivity contribution is 6.07. The number of hydrogen-bond donors (Lipinski definition) is 1. The lowest BCUT2D eigenvalue weighted by molar-refractivity contribution is 0.0526. The summed E-state index contributed by atoms with van der Waals surface area (Å²) in [4.78, 5) is 23.6. The Balaban J connectivity index is 1.79. The molecule has 25 heavy (non-hydrogen) atoms. The van der Waals surface area contributed by atoms with Crippen molar-refractivity contribution in [1.82, 2.24) is 14.9 Å². The molecule has 0 spiro atoms. The minimum absolute atomic E-state index is 0.316. The Labute approximate surface area is 147 Å². The summed E-state index contributed by atoms with van der Waals surface area (Å²) in [7, 11) is 0. The van der Waals surface area contributed by atoms with Crippen LogP contribution in [-0.2, 0) is 4.74 Å². The Hall–Kier alpha value is -2.15. The number of aryl methyl sites for hydroxylation is 2. The third-order valence-corrected chi connectivity index (χ3v) is 4.46. The van der Waals surface area contributed by atoms with Gasteiger partial charge in [-0.15, -0.1) is 0 Å². The van der Waals surface area contributed by atoms with E-state index >= 15 is 0 Å². The molecule has 0 aliphatic carbocycles. The zero-order valence-corrected chi connectivity index (χ0v) is 15.2. The van der Waals surface area contributed by atoms with Gasteiger partial charge in [-0.3, -0.25) is 0 Å². The van der Waals surface area contributed by atoms with Gasteiger partial charge < -0.3 is 19.4 Å². The first-order chi connectivity index (χ1) is 12.1. The normalized spacial score (nSPS) is 15.0. The van der Waals surface area contributed by atoms with Crippen LogP contribution in [0.3, 0.4) is 0 Å². The van der Waals surface area contributed by atoms with E-state index in [0.717, 1.165) is 19.5 Å². The van der Waals surface area contributed by atoms with Crippen molar-refractivity contribution in [1.29, 1.82) is 0 Å². The van der Waals surface area contributed by atoms with Gasteiger partial charge in [0.05, 0.1) is 12.0 Å². The molecule has 2 aromatic heterocycles. The van der Waals surface area contributed by atoms with Gasteiger partial charge in [0.1, 0.15) is 23.0 Å². The number of furan rings is 1. The van der Waals surface area contributed by atoms with Gasteiger partial charge >= 0.3 is 5.97 Å². The van der Waals surface area contributed by atoms with E-state index in [9.17, 15) is 4.79 Å². The van der Waals surface area contributed by atoms with Gasteiger partial charge in [-0.25, -0.2) is 9.78 Å². The Morgan fingerprint density at radius 2 is 2.04 bits per heavy atom. The SMILES string of the molecule is CCOC(=O)c1c(C)oc2nc(C)nc(NCCCN3CCCC3)c12. The fraction of sp³-hybridized carbons (Fsp3) is 0.611. The molecule has 3 rings (SSSR count). The van der Waals surface area contributed by atoms with E-state index in [-0.39, 0.29) is 0 Å².